The molecule has 0 fully saturated rings. The Bertz CT molecular complexity index is 854. The number of hydrogen-bond donors (Lipinski definition) is 1. The van der Waals surface area contributed by atoms with Gasteiger partial charge < -0.3 is 10.5 Å². The molecule has 0 unspecified atom stereocenters. The summed E-state index contributed by atoms with van der Waals surface area (Å²) < 4.78 is 5.84. The van der Waals surface area contributed by atoms with E-state index in [0.29, 0.717) is 12.4 Å². The maximum absolute atomic E-state index is 6.07. The van der Waals surface area contributed by atoms with E-state index in [2.05, 4.69) is 15.0 Å². The molecule has 3 rings (SSSR count). The molecule has 5 nitrogen and oxygen atoms in total. The van der Waals surface area contributed by atoms with E-state index >= 15 is 0 Å². The number of aliphatic imine (C=N–C) groups is 1. The van der Waals surface area contributed by atoms with Crippen molar-refractivity contribution >= 4 is 11.5 Å². The van der Waals surface area contributed by atoms with Gasteiger partial charge in [0.1, 0.15) is 23.6 Å². The summed E-state index contributed by atoms with van der Waals surface area (Å²) in [6, 6.07) is 17.5. The van der Waals surface area contributed by atoms with Gasteiger partial charge in [0.05, 0.1) is 17.0 Å². The first-order chi connectivity index (χ1) is 12.2. The SMILES string of the molecule is CCN=C(c1ccc(Oc2ccccc2)cc1)c1c(C)ncnc1N. The van der Waals surface area contributed by atoms with Gasteiger partial charge in [0.2, 0.25) is 0 Å². The van der Waals surface area contributed by atoms with Crippen LogP contribution >= 0.6 is 0 Å². The van der Waals surface area contributed by atoms with Crippen molar-refractivity contribution in [3.8, 4) is 11.5 Å². The van der Waals surface area contributed by atoms with Crippen molar-refractivity contribution in [3.63, 3.8) is 0 Å². The Kier molecular flexibility index (Phi) is 5.04. The lowest BCUT2D eigenvalue weighted by Crippen LogP contribution is -2.12. The summed E-state index contributed by atoms with van der Waals surface area (Å²) in [5.41, 5.74) is 9.40. The summed E-state index contributed by atoms with van der Waals surface area (Å²) in [4.78, 5) is 13.0. The lowest BCUT2D eigenvalue weighted by Gasteiger charge is -2.12. The Morgan fingerprint density at radius 2 is 1.68 bits per heavy atom. The maximum atomic E-state index is 6.07. The minimum absolute atomic E-state index is 0.435. The molecule has 0 saturated heterocycles. The summed E-state index contributed by atoms with van der Waals surface area (Å²) in [5, 5.41) is 0. The molecule has 25 heavy (non-hydrogen) atoms. The average Bonchev–Trinajstić information content (AvgIpc) is 2.62. The minimum Gasteiger partial charge on any atom is -0.457 e. The van der Waals surface area contributed by atoms with Crippen molar-refractivity contribution in [1.82, 2.24) is 9.97 Å². The van der Waals surface area contributed by atoms with Crippen LogP contribution in [0.4, 0.5) is 5.82 Å². The molecule has 0 amide bonds. The van der Waals surface area contributed by atoms with E-state index in [4.69, 9.17) is 10.5 Å². The van der Waals surface area contributed by atoms with Crippen LogP contribution in [0.25, 0.3) is 0 Å². The number of anilines is 1. The van der Waals surface area contributed by atoms with Crippen LogP contribution in [0.15, 0.2) is 65.9 Å². The second-order valence-electron chi connectivity index (χ2n) is 5.48. The molecule has 0 aliphatic rings. The summed E-state index contributed by atoms with van der Waals surface area (Å²) in [5.74, 6) is 2.00. The van der Waals surface area contributed by atoms with Gasteiger partial charge in [-0.15, -0.1) is 0 Å². The second kappa shape index (κ2) is 7.57. The van der Waals surface area contributed by atoms with Gasteiger partial charge in [-0.3, -0.25) is 4.99 Å². The highest BCUT2D eigenvalue weighted by Gasteiger charge is 2.15. The molecular formula is C20H20N4O. The van der Waals surface area contributed by atoms with Crippen LogP contribution in [-0.2, 0) is 0 Å². The van der Waals surface area contributed by atoms with Gasteiger partial charge in [-0.1, -0.05) is 18.2 Å². The number of aromatic nitrogens is 2. The van der Waals surface area contributed by atoms with Crippen LogP contribution in [0.3, 0.4) is 0 Å². The Labute approximate surface area is 147 Å². The predicted molar refractivity (Wildman–Crippen MR) is 100 cm³/mol. The van der Waals surface area contributed by atoms with Gasteiger partial charge in [0.25, 0.3) is 0 Å². The number of benzene rings is 2. The van der Waals surface area contributed by atoms with Gasteiger partial charge in [-0.2, -0.15) is 0 Å². The van der Waals surface area contributed by atoms with E-state index < -0.39 is 0 Å². The van der Waals surface area contributed by atoms with Crippen molar-refractivity contribution < 1.29 is 4.74 Å². The first kappa shape index (κ1) is 16.6. The standard InChI is InChI=1S/C20H20N4O/c1-3-22-19(18-14(2)23-13-24-20(18)21)15-9-11-17(12-10-15)25-16-7-5-4-6-8-16/h4-13H,3H2,1-2H3,(H2,21,23,24). The van der Waals surface area contributed by atoms with Crippen LogP contribution in [0.5, 0.6) is 11.5 Å². The van der Waals surface area contributed by atoms with Crippen molar-refractivity contribution in [2.75, 3.05) is 12.3 Å². The lowest BCUT2D eigenvalue weighted by molar-refractivity contribution is 0.482. The summed E-state index contributed by atoms with van der Waals surface area (Å²) >= 11 is 0. The highest BCUT2D eigenvalue weighted by atomic mass is 16.5. The molecule has 126 valence electrons. The van der Waals surface area contributed by atoms with Crippen molar-refractivity contribution in [2.45, 2.75) is 13.8 Å². The average molecular weight is 332 g/mol. The number of hydrogen-bond acceptors (Lipinski definition) is 5. The molecule has 1 heterocycles. The quantitative estimate of drug-likeness (QED) is 0.716. The largest absolute Gasteiger partial charge is 0.457 e. The Morgan fingerprint density at radius 3 is 2.32 bits per heavy atom. The van der Waals surface area contributed by atoms with E-state index in [9.17, 15) is 0 Å². The highest BCUT2D eigenvalue weighted by molar-refractivity contribution is 6.15. The van der Waals surface area contributed by atoms with E-state index in [0.717, 1.165) is 34.0 Å². The Hall–Kier alpha value is -3.21. The highest BCUT2D eigenvalue weighted by Crippen LogP contribution is 2.24. The fourth-order valence-electron chi connectivity index (χ4n) is 2.56. The molecular weight excluding hydrogens is 312 g/mol. The van der Waals surface area contributed by atoms with Crippen LogP contribution in [-0.4, -0.2) is 22.2 Å². The molecule has 2 N–H and O–H groups in total. The molecule has 5 heteroatoms. The number of para-hydroxylation sites is 1. The number of nitrogen functional groups attached to an aromatic ring is 1. The third kappa shape index (κ3) is 3.83. The molecule has 0 saturated carbocycles. The first-order valence-electron chi connectivity index (χ1n) is 8.14. The predicted octanol–water partition coefficient (Wildman–Crippen LogP) is 4.02. The smallest absolute Gasteiger partial charge is 0.136 e. The summed E-state index contributed by atoms with van der Waals surface area (Å²) in [7, 11) is 0. The number of ether oxygens (including phenoxy) is 1. The van der Waals surface area contributed by atoms with E-state index in [1.165, 1.54) is 6.33 Å². The van der Waals surface area contributed by atoms with Crippen molar-refractivity contribution in [3.05, 3.63) is 77.7 Å². The zero-order chi connectivity index (χ0) is 17.6. The van der Waals surface area contributed by atoms with E-state index in [-0.39, 0.29) is 0 Å². The molecule has 0 bridgehead atoms. The van der Waals surface area contributed by atoms with Crippen molar-refractivity contribution in [2.24, 2.45) is 4.99 Å². The zero-order valence-electron chi connectivity index (χ0n) is 14.3. The van der Waals surface area contributed by atoms with Gasteiger partial charge in [0.15, 0.2) is 0 Å². The van der Waals surface area contributed by atoms with Crippen molar-refractivity contribution in [1.29, 1.82) is 0 Å². The maximum Gasteiger partial charge on any atom is 0.136 e. The first-order valence-corrected chi connectivity index (χ1v) is 8.14. The molecule has 0 atom stereocenters. The number of rotatable bonds is 5. The summed E-state index contributed by atoms with van der Waals surface area (Å²) in [6.07, 6.45) is 1.47. The van der Waals surface area contributed by atoms with Crippen LogP contribution < -0.4 is 10.5 Å². The topological polar surface area (TPSA) is 73.4 Å². The van der Waals surface area contributed by atoms with Gasteiger partial charge in [-0.05, 0) is 50.2 Å². The fourth-order valence-corrected chi connectivity index (χ4v) is 2.56. The molecule has 0 spiro atoms. The van der Waals surface area contributed by atoms with Crippen LogP contribution in [0.1, 0.15) is 23.7 Å². The number of nitrogens with two attached hydrogens (primary N) is 1. The summed E-state index contributed by atoms with van der Waals surface area (Å²) in [6.45, 7) is 4.54. The van der Waals surface area contributed by atoms with Gasteiger partial charge >= 0.3 is 0 Å². The minimum atomic E-state index is 0.435. The Morgan fingerprint density at radius 1 is 1.00 bits per heavy atom. The molecule has 2 aromatic carbocycles. The van der Waals surface area contributed by atoms with Crippen LogP contribution in [0.2, 0.25) is 0 Å². The number of nitrogens with zero attached hydrogens (tertiary/aromatic N) is 3. The number of aryl methyl sites for hydroxylation is 1. The molecule has 0 aliphatic heterocycles. The van der Waals surface area contributed by atoms with E-state index in [1.807, 2.05) is 68.4 Å². The zero-order valence-corrected chi connectivity index (χ0v) is 14.3. The monoisotopic (exact) mass is 332 g/mol. The molecule has 1 aromatic heterocycles. The third-order valence-electron chi connectivity index (χ3n) is 3.73. The molecule has 3 aromatic rings. The Balaban J connectivity index is 1.92. The van der Waals surface area contributed by atoms with Gasteiger partial charge in [0, 0.05) is 12.1 Å². The molecule has 0 aliphatic carbocycles. The van der Waals surface area contributed by atoms with E-state index in [1.54, 1.807) is 0 Å². The fraction of sp³-hybridized carbons (Fsp3) is 0.150. The third-order valence-corrected chi connectivity index (χ3v) is 3.73. The molecule has 0 radical (unpaired) electrons. The normalized spacial score (nSPS) is 11.4. The van der Waals surface area contributed by atoms with Gasteiger partial charge in [-0.25, -0.2) is 9.97 Å². The lowest BCUT2D eigenvalue weighted by atomic mass is 10.0. The second-order valence-corrected chi connectivity index (χ2v) is 5.48. The van der Waals surface area contributed by atoms with Crippen LogP contribution in [0, 0.1) is 6.92 Å².